The Balaban J connectivity index is 1.54. The summed E-state index contributed by atoms with van der Waals surface area (Å²) in [6, 6.07) is 6.27. The number of nitriles is 2. The number of nitrogens with one attached hydrogen (secondary N) is 2. The van der Waals surface area contributed by atoms with E-state index in [4.69, 9.17) is 10.00 Å². The number of allylic oxidation sites excluding steroid dienone is 1. The normalized spacial score (nSPS) is 26.2. The minimum atomic E-state index is -2.87. The van der Waals surface area contributed by atoms with Crippen molar-refractivity contribution in [2.24, 2.45) is 5.41 Å². The number of hydrogen-bond acceptors (Lipinski definition) is 7. The van der Waals surface area contributed by atoms with E-state index in [0.29, 0.717) is 36.1 Å². The second kappa shape index (κ2) is 7.49. The lowest BCUT2D eigenvalue weighted by atomic mass is 9.40. The molecular weight excluding hydrogens is 442 g/mol. The van der Waals surface area contributed by atoms with Crippen molar-refractivity contribution in [3.63, 3.8) is 0 Å². The number of nitrogens with zero attached hydrogens (tertiary/aromatic N) is 4. The van der Waals surface area contributed by atoms with E-state index in [1.165, 1.54) is 6.08 Å². The molecule has 3 saturated carbocycles. The molecule has 0 spiro atoms. The molecule has 3 aliphatic carbocycles. The summed E-state index contributed by atoms with van der Waals surface area (Å²) < 4.78 is 33.6. The summed E-state index contributed by atoms with van der Waals surface area (Å²) in [6.45, 7) is 3.59. The Labute approximate surface area is 194 Å². The molecule has 34 heavy (non-hydrogen) atoms. The average molecular weight is 462 g/mol. The fourth-order valence-electron chi connectivity index (χ4n) is 5.25. The quantitative estimate of drug-likeness (QED) is 0.612. The minimum absolute atomic E-state index is 0.0797. The fraction of sp³-hybridized carbons (Fsp3) is 0.375. The molecular formula is C24H20F2N6O2. The van der Waals surface area contributed by atoms with Gasteiger partial charge in [-0.15, -0.1) is 0 Å². The predicted octanol–water partition coefficient (Wildman–Crippen LogP) is 4.33. The van der Waals surface area contributed by atoms with Crippen LogP contribution in [0.2, 0.25) is 0 Å². The SMILES string of the molecule is Cc1cc(/C=C/C#N)cc(C)c1Oc1nc(NC23CC(C#N)(C2)C3)nc2c1[C@H](C(F)F)NC2=O. The van der Waals surface area contributed by atoms with Crippen LogP contribution >= 0.6 is 0 Å². The average Bonchev–Trinajstić information content (AvgIpc) is 3.07. The van der Waals surface area contributed by atoms with Gasteiger partial charge in [0.05, 0.1) is 23.1 Å². The van der Waals surface area contributed by atoms with Gasteiger partial charge in [-0.3, -0.25) is 4.79 Å². The van der Waals surface area contributed by atoms with Crippen molar-refractivity contribution >= 4 is 17.9 Å². The number of hydrogen-bond donors (Lipinski definition) is 2. The first-order valence-electron chi connectivity index (χ1n) is 10.7. The number of anilines is 1. The number of aryl methyl sites for hydroxylation is 2. The van der Waals surface area contributed by atoms with E-state index in [1.54, 1.807) is 32.1 Å². The number of carbonyl (C=O) groups is 1. The number of fused-ring (bicyclic) bond motifs is 1. The van der Waals surface area contributed by atoms with Gasteiger partial charge in [-0.2, -0.15) is 15.5 Å². The van der Waals surface area contributed by atoms with E-state index in [0.717, 1.165) is 5.56 Å². The van der Waals surface area contributed by atoms with Gasteiger partial charge in [0, 0.05) is 11.6 Å². The van der Waals surface area contributed by atoms with Gasteiger partial charge in [-0.1, -0.05) is 0 Å². The van der Waals surface area contributed by atoms with E-state index < -0.39 is 18.4 Å². The zero-order chi connectivity index (χ0) is 24.3. The Morgan fingerprint density at radius 3 is 2.50 bits per heavy atom. The maximum absolute atomic E-state index is 13.8. The topological polar surface area (TPSA) is 124 Å². The fourth-order valence-corrected chi connectivity index (χ4v) is 5.25. The van der Waals surface area contributed by atoms with Crippen LogP contribution in [0.3, 0.4) is 0 Å². The first kappa shape index (κ1) is 21.8. The molecule has 2 N–H and O–H groups in total. The summed E-state index contributed by atoms with van der Waals surface area (Å²) in [5.74, 6) is -0.312. The smallest absolute Gasteiger partial charge is 0.271 e. The van der Waals surface area contributed by atoms with Gasteiger partial charge >= 0.3 is 0 Å². The molecule has 0 saturated heterocycles. The van der Waals surface area contributed by atoms with Gasteiger partial charge in [0.15, 0.2) is 0 Å². The van der Waals surface area contributed by atoms with Crippen LogP contribution in [-0.2, 0) is 0 Å². The molecule has 0 radical (unpaired) electrons. The Hall–Kier alpha value is -4.05. The van der Waals surface area contributed by atoms with Crippen LogP contribution in [0.4, 0.5) is 14.7 Å². The largest absolute Gasteiger partial charge is 0.438 e. The highest BCUT2D eigenvalue weighted by Crippen LogP contribution is 2.67. The molecule has 1 amide bonds. The molecule has 1 aromatic heterocycles. The molecule has 0 unspecified atom stereocenters. The lowest BCUT2D eigenvalue weighted by Crippen LogP contribution is -2.70. The zero-order valence-corrected chi connectivity index (χ0v) is 18.4. The molecule has 172 valence electrons. The Morgan fingerprint density at radius 1 is 1.24 bits per heavy atom. The monoisotopic (exact) mass is 462 g/mol. The summed E-state index contributed by atoms with van der Waals surface area (Å²) in [4.78, 5) is 21.1. The van der Waals surface area contributed by atoms with Gasteiger partial charge in [0.2, 0.25) is 11.8 Å². The van der Waals surface area contributed by atoms with E-state index in [-0.39, 0.29) is 34.0 Å². The van der Waals surface area contributed by atoms with Crippen molar-refractivity contribution in [1.29, 1.82) is 10.5 Å². The third-order valence-electron chi connectivity index (χ3n) is 6.65. The summed E-state index contributed by atoms with van der Waals surface area (Å²) in [5, 5.41) is 23.5. The maximum Gasteiger partial charge on any atom is 0.271 e. The van der Waals surface area contributed by atoms with Crippen molar-refractivity contribution in [3.8, 4) is 23.8 Å². The number of alkyl halides is 2. The Morgan fingerprint density at radius 2 is 1.91 bits per heavy atom. The van der Waals surface area contributed by atoms with E-state index >= 15 is 0 Å². The van der Waals surface area contributed by atoms with Crippen molar-refractivity contribution in [1.82, 2.24) is 15.3 Å². The Kier molecular flexibility index (Phi) is 4.80. The highest BCUT2D eigenvalue weighted by atomic mass is 19.3. The van der Waals surface area contributed by atoms with Gasteiger partial charge < -0.3 is 15.4 Å². The molecule has 3 fully saturated rings. The summed E-state index contributed by atoms with van der Waals surface area (Å²) in [5.41, 5.74) is 1.35. The minimum Gasteiger partial charge on any atom is -0.438 e. The van der Waals surface area contributed by atoms with Crippen molar-refractivity contribution < 1.29 is 18.3 Å². The number of rotatable bonds is 6. The second-order valence-electron chi connectivity index (χ2n) is 9.28. The second-order valence-corrected chi connectivity index (χ2v) is 9.28. The van der Waals surface area contributed by atoms with Crippen molar-refractivity contribution in [2.45, 2.75) is 51.1 Å². The number of benzene rings is 1. The van der Waals surface area contributed by atoms with Gasteiger partial charge in [-0.25, -0.2) is 13.8 Å². The molecule has 2 aromatic rings. The van der Waals surface area contributed by atoms with Gasteiger partial charge in [-0.05, 0) is 68.0 Å². The Bertz CT molecular complexity index is 1300. The summed E-state index contributed by atoms with van der Waals surface area (Å²) in [7, 11) is 0. The highest BCUT2D eigenvalue weighted by molar-refractivity contribution is 5.98. The predicted molar refractivity (Wildman–Crippen MR) is 117 cm³/mol. The van der Waals surface area contributed by atoms with Gasteiger partial charge in [0.1, 0.15) is 17.5 Å². The van der Waals surface area contributed by atoms with Crippen LogP contribution in [0.1, 0.15) is 58.0 Å². The number of amides is 1. The number of aromatic nitrogens is 2. The van der Waals surface area contributed by atoms with Crippen LogP contribution in [0.15, 0.2) is 18.2 Å². The molecule has 10 heteroatoms. The summed E-state index contributed by atoms with van der Waals surface area (Å²) >= 11 is 0. The van der Waals surface area contributed by atoms with Gasteiger partial charge in [0.25, 0.3) is 12.3 Å². The molecule has 8 nitrogen and oxygen atoms in total. The molecule has 1 atom stereocenters. The molecule has 1 aromatic carbocycles. The van der Waals surface area contributed by atoms with Crippen LogP contribution in [0.25, 0.3) is 6.08 Å². The molecule has 6 rings (SSSR count). The van der Waals surface area contributed by atoms with E-state index in [2.05, 4.69) is 26.7 Å². The van der Waals surface area contributed by atoms with Crippen LogP contribution < -0.4 is 15.4 Å². The summed E-state index contributed by atoms with van der Waals surface area (Å²) in [6.07, 6.45) is 2.08. The lowest BCUT2D eigenvalue weighted by Gasteiger charge is -2.66. The molecule has 2 heterocycles. The molecule has 4 aliphatic rings. The van der Waals surface area contributed by atoms with E-state index in [1.807, 2.05) is 6.07 Å². The lowest BCUT2D eigenvalue weighted by molar-refractivity contribution is -0.0665. The van der Waals surface area contributed by atoms with Crippen LogP contribution in [0.5, 0.6) is 11.6 Å². The highest BCUT2D eigenvalue weighted by Gasteiger charge is 2.69. The first-order chi connectivity index (χ1) is 16.2. The van der Waals surface area contributed by atoms with Crippen LogP contribution in [-0.4, -0.2) is 27.8 Å². The third-order valence-corrected chi connectivity index (χ3v) is 6.65. The van der Waals surface area contributed by atoms with Crippen molar-refractivity contribution in [3.05, 3.63) is 46.2 Å². The van der Waals surface area contributed by atoms with Crippen LogP contribution in [0, 0.1) is 41.9 Å². The maximum atomic E-state index is 13.8. The molecule has 1 aliphatic heterocycles. The molecule has 2 bridgehead atoms. The van der Waals surface area contributed by atoms with Crippen molar-refractivity contribution in [2.75, 3.05) is 5.32 Å². The number of ether oxygens (including phenoxy) is 1. The number of halogens is 2. The number of carbonyl (C=O) groups excluding carboxylic acids is 1. The zero-order valence-electron chi connectivity index (χ0n) is 18.4. The third kappa shape index (κ3) is 3.34. The van der Waals surface area contributed by atoms with E-state index in [9.17, 15) is 18.8 Å². The standard InChI is InChI=1S/C24H20F2N6O2/c1-12-6-14(4-3-5-27)7-13(2)18(12)34-21-15-16(19(25)26)29-20(33)17(15)30-22(31-21)32-24-8-23(9-24,10-24)11-28/h3-4,6-7,16,19H,8-10H2,1-2H3,(H,29,33)(H,30,31,32)/b4-3+/t16-,23?,24?/m1/s1. The first-order valence-corrected chi connectivity index (χ1v) is 10.7.